The SMILES string of the molecule is N#Cc1ccccc1-c1ccccc1OC(N)=O. The van der Waals surface area contributed by atoms with Crippen LogP contribution in [0.4, 0.5) is 4.79 Å². The zero-order valence-corrected chi connectivity index (χ0v) is 9.46. The molecule has 2 N–H and O–H groups in total. The molecule has 0 atom stereocenters. The molecule has 0 spiro atoms. The van der Waals surface area contributed by atoms with Crippen LogP contribution < -0.4 is 10.5 Å². The molecule has 0 aliphatic rings. The Labute approximate surface area is 104 Å². The molecule has 0 fully saturated rings. The summed E-state index contributed by atoms with van der Waals surface area (Å²) in [6.45, 7) is 0. The number of nitriles is 1. The lowest BCUT2D eigenvalue weighted by atomic mass is 10.00. The molecule has 0 bridgehead atoms. The van der Waals surface area contributed by atoms with Gasteiger partial charge in [0.15, 0.2) is 0 Å². The highest BCUT2D eigenvalue weighted by Crippen LogP contribution is 2.31. The van der Waals surface area contributed by atoms with Crippen molar-refractivity contribution in [3.05, 3.63) is 54.1 Å². The van der Waals surface area contributed by atoms with Gasteiger partial charge in [-0.15, -0.1) is 0 Å². The smallest absolute Gasteiger partial charge is 0.409 e. The molecule has 4 nitrogen and oxygen atoms in total. The number of nitrogens with two attached hydrogens (primary N) is 1. The molecule has 0 heterocycles. The molecule has 18 heavy (non-hydrogen) atoms. The summed E-state index contributed by atoms with van der Waals surface area (Å²) in [4.78, 5) is 10.8. The van der Waals surface area contributed by atoms with Gasteiger partial charge in [-0.25, -0.2) is 4.79 Å². The normalized spacial score (nSPS) is 9.50. The first kappa shape index (κ1) is 11.7. The maximum absolute atomic E-state index is 10.8. The molecular formula is C14H10N2O2. The van der Waals surface area contributed by atoms with E-state index in [0.29, 0.717) is 22.4 Å². The Kier molecular flexibility index (Phi) is 3.26. The fourth-order valence-corrected chi connectivity index (χ4v) is 1.70. The van der Waals surface area contributed by atoms with Crippen LogP contribution in [0, 0.1) is 11.3 Å². The van der Waals surface area contributed by atoms with Gasteiger partial charge in [0.25, 0.3) is 0 Å². The molecule has 0 aliphatic carbocycles. The van der Waals surface area contributed by atoms with Gasteiger partial charge < -0.3 is 10.5 Å². The molecule has 2 aromatic carbocycles. The van der Waals surface area contributed by atoms with Gasteiger partial charge in [-0.05, 0) is 12.1 Å². The number of amides is 1. The number of rotatable bonds is 2. The van der Waals surface area contributed by atoms with Crippen LogP contribution in [0.15, 0.2) is 48.5 Å². The maximum Gasteiger partial charge on any atom is 0.409 e. The average molecular weight is 238 g/mol. The highest BCUT2D eigenvalue weighted by atomic mass is 16.5. The summed E-state index contributed by atoms with van der Waals surface area (Å²) >= 11 is 0. The van der Waals surface area contributed by atoms with Gasteiger partial charge in [-0.3, -0.25) is 0 Å². The van der Waals surface area contributed by atoms with Crippen LogP contribution in [0.5, 0.6) is 5.75 Å². The van der Waals surface area contributed by atoms with Crippen molar-refractivity contribution >= 4 is 6.09 Å². The van der Waals surface area contributed by atoms with E-state index < -0.39 is 6.09 Å². The highest BCUT2D eigenvalue weighted by Gasteiger charge is 2.11. The molecule has 0 aromatic heterocycles. The van der Waals surface area contributed by atoms with Crippen molar-refractivity contribution in [3.63, 3.8) is 0 Å². The van der Waals surface area contributed by atoms with Gasteiger partial charge in [0.1, 0.15) is 5.75 Å². The second-order valence-corrected chi connectivity index (χ2v) is 3.57. The molecule has 2 rings (SSSR count). The fraction of sp³-hybridized carbons (Fsp3) is 0. The summed E-state index contributed by atoms with van der Waals surface area (Å²) in [6, 6.07) is 16.1. The molecular weight excluding hydrogens is 228 g/mol. The van der Waals surface area contributed by atoms with Crippen LogP contribution in [0.1, 0.15) is 5.56 Å². The Bertz CT molecular complexity index is 630. The molecule has 0 aliphatic heterocycles. The van der Waals surface area contributed by atoms with E-state index in [0.717, 1.165) is 0 Å². The second-order valence-electron chi connectivity index (χ2n) is 3.57. The molecule has 0 saturated carbocycles. The third kappa shape index (κ3) is 2.30. The summed E-state index contributed by atoms with van der Waals surface area (Å²) in [6.07, 6.45) is -0.878. The number of hydrogen-bond acceptors (Lipinski definition) is 3. The van der Waals surface area contributed by atoms with Crippen molar-refractivity contribution in [2.75, 3.05) is 0 Å². The van der Waals surface area contributed by atoms with E-state index >= 15 is 0 Å². The Balaban J connectivity index is 2.57. The van der Waals surface area contributed by atoms with Gasteiger partial charge >= 0.3 is 6.09 Å². The summed E-state index contributed by atoms with van der Waals surface area (Å²) in [5.74, 6) is 0.340. The number of nitrogens with zero attached hydrogens (tertiary/aromatic N) is 1. The molecule has 0 radical (unpaired) electrons. The van der Waals surface area contributed by atoms with Crippen LogP contribution in [-0.2, 0) is 0 Å². The average Bonchev–Trinajstić information content (AvgIpc) is 2.39. The number of ether oxygens (including phenoxy) is 1. The van der Waals surface area contributed by atoms with Gasteiger partial charge in [0, 0.05) is 11.1 Å². The molecule has 0 saturated heterocycles. The molecule has 1 amide bonds. The van der Waals surface area contributed by atoms with Crippen molar-refractivity contribution in [1.29, 1.82) is 5.26 Å². The van der Waals surface area contributed by atoms with Gasteiger partial charge in [-0.2, -0.15) is 5.26 Å². The number of hydrogen-bond donors (Lipinski definition) is 1. The Hall–Kier alpha value is -2.80. The highest BCUT2D eigenvalue weighted by molar-refractivity contribution is 5.79. The van der Waals surface area contributed by atoms with E-state index in [1.807, 2.05) is 6.07 Å². The number of carbonyl (C=O) groups is 1. The van der Waals surface area contributed by atoms with Crippen molar-refractivity contribution in [3.8, 4) is 22.9 Å². The van der Waals surface area contributed by atoms with E-state index in [-0.39, 0.29) is 0 Å². The van der Waals surface area contributed by atoms with E-state index in [1.54, 1.807) is 42.5 Å². The topological polar surface area (TPSA) is 76.1 Å². The minimum absolute atomic E-state index is 0.340. The first-order valence-corrected chi connectivity index (χ1v) is 5.28. The largest absolute Gasteiger partial charge is 0.410 e. The lowest BCUT2D eigenvalue weighted by Crippen LogP contribution is -2.16. The summed E-state index contributed by atoms with van der Waals surface area (Å²) in [7, 11) is 0. The Morgan fingerprint density at radius 1 is 1.06 bits per heavy atom. The zero-order chi connectivity index (χ0) is 13.0. The predicted octanol–water partition coefficient (Wildman–Crippen LogP) is 2.68. The molecule has 88 valence electrons. The van der Waals surface area contributed by atoms with Crippen molar-refractivity contribution < 1.29 is 9.53 Å². The standard InChI is InChI=1S/C14H10N2O2/c15-9-10-5-1-2-6-11(10)12-7-3-4-8-13(12)18-14(16)17/h1-8H,(H2,16,17). The Morgan fingerprint density at radius 3 is 2.33 bits per heavy atom. The van der Waals surface area contributed by atoms with E-state index in [2.05, 4.69) is 6.07 Å². The summed E-state index contributed by atoms with van der Waals surface area (Å²) in [5.41, 5.74) is 6.89. The summed E-state index contributed by atoms with van der Waals surface area (Å²) < 4.78 is 4.93. The van der Waals surface area contributed by atoms with Crippen LogP contribution in [0.3, 0.4) is 0 Å². The monoisotopic (exact) mass is 238 g/mol. The molecule has 4 heteroatoms. The third-order valence-electron chi connectivity index (χ3n) is 2.44. The quantitative estimate of drug-likeness (QED) is 0.873. The fourth-order valence-electron chi connectivity index (χ4n) is 1.70. The number of para-hydroxylation sites is 1. The zero-order valence-electron chi connectivity index (χ0n) is 9.46. The minimum Gasteiger partial charge on any atom is -0.410 e. The first-order chi connectivity index (χ1) is 8.72. The van der Waals surface area contributed by atoms with Crippen LogP contribution in [-0.4, -0.2) is 6.09 Å². The van der Waals surface area contributed by atoms with Gasteiger partial charge in [0.2, 0.25) is 0 Å². The van der Waals surface area contributed by atoms with Gasteiger partial charge in [-0.1, -0.05) is 36.4 Å². The lowest BCUT2D eigenvalue weighted by molar-refractivity contribution is 0.211. The molecule has 0 unspecified atom stereocenters. The number of primary amides is 1. The van der Waals surface area contributed by atoms with Gasteiger partial charge in [0.05, 0.1) is 11.6 Å². The van der Waals surface area contributed by atoms with E-state index in [4.69, 9.17) is 15.7 Å². The minimum atomic E-state index is -0.878. The van der Waals surface area contributed by atoms with E-state index in [1.165, 1.54) is 0 Å². The van der Waals surface area contributed by atoms with Crippen LogP contribution in [0.25, 0.3) is 11.1 Å². The maximum atomic E-state index is 10.8. The van der Waals surface area contributed by atoms with Crippen molar-refractivity contribution in [1.82, 2.24) is 0 Å². The lowest BCUT2D eigenvalue weighted by Gasteiger charge is -2.09. The Morgan fingerprint density at radius 2 is 1.67 bits per heavy atom. The predicted molar refractivity (Wildman–Crippen MR) is 66.8 cm³/mol. The second kappa shape index (κ2) is 5.02. The molecule has 2 aromatic rings. The van der Waals surface area contributed by atoms with Crippen LogP contribution >= 0.6 is 0 Å². The van der Waals surface area contributed by atoms with Crippen molar-refractivity contribution in [2.45, 2.75) is 0 Å². The first-order valence-electron chi connectivity index (χ1n) is 5.28. The van der Waals surface area contributed by atoms with Crippen LogP contribution in [0.2, 0.25) is 0 Å². The number of carbonyl (C=O) groups excluding carboxylic acids is 1. The third-order valence-corrected chi connectivity index (χ3v) is 2.44. The summed E-state index contributed by atoms with van der Waals surface area (Å²) in [5, 5.41) is 9.07. The van der Waals surface area contributed by atoms with E-state index in [9.17, 15) is 4.79 Å². The van der Waals surface area contributed by atoms with Crippen molar-refractivity contribution in [2.24, 2.45) is 5.73 Å². The number of benzene rings is 2.